The van der Waals surface area contributed by atoms with E-state index >= 15 is 0 Å². The minimum atomic E-state index is -0.209. The Morgan fingerprint density at radius 3 is 2.74 bits per heavy atom. The molecule has 2 heterocycles. The molecule has 4 nitrogen and oxygen atoms in total. The van der Waals surface area contributed by atoms with Crippen molar-refractivity contribution in [3.05, 3.63) is 16.1 Å². The summed E-state index contributed by atoms with van der Waals surface area (Å²) in [5.41, 5.74) is 0.182. The highest BCUT2D eigenvalue weighted by Crippen LogP contribution is 2.27. The second kappa shape index (κ2) is 6.99. The first kappa shape index (κ1) is 16.9. The molecule has 0 saturated carbocycles. The lowest BCUT2D eigenvalue weighted by Gasteiger charge is -2.14. The van der Waals surface area contributed by atoms with E-state index in [-0.39, 0.29) is 23.9 Å². The lowest BCUT2D eigenvalue weighted by Crippen LogP contribution is -2.30. The van der Waals surface area contributed by atoms with Gasteiger partial charge in [-0.25, -0.2) is 4.98 Å². The molecule has 2 atom stereocenters. The molecule has 2 unspecified atom stereocenters. The number of halogens is 1. The topological polar surface area (TPSA) is 57.2 Å². The van der Waals surface area contributed by atoms with Crippen LogP contribution in [0.4, 0.5) is 0 Å². The summed E-state index contributed by atoms with van der Waals surface area (Å²) < 4.78 is 0. The Kier molecular flexibility index (Phi) is 6.20. The Hall–Kier alpha value is -0.200. The van der Waals surface area contributed by atoms with Gasteiger partial charge in [0, 0.05) is 43.2 Å². The van der Waals surface area contributed by atoms with Crippen LogP contribution in [-0.4, -0.2) is 35.8 Å². The third kappa shape index (κ3) is 4.68. The number of hydrogen-bond acceptors (Lipinski definition) is 5. The maximum absolute atomic E-state index is 9.68. The molecule has 1 aromatic heterocycles. The number of thiazole rings is 1. The van der Waals surface area contributed by atoms with Gasteiger partial charge >= 0.3 is 0 Å². The molecule has 0 spiro atoms. The summed E-state index contributed by atoms with van der Waals surface area (Å²) >= 11 is 1.77. The molecule has 1 fully saturated rings. The zero-order valence-electron chi connectivity index (χ0n) is 11.8. The molecule has 19 heavy (non-hydrogen) atoms. The zero-order chi connectivity index (χ0) is 13.2. The largest absolute Gasteiger partial charge is 0.391 e. The minimum Gasteiger partial charge on any atom is -0.391 e. The van der Waals surface area contributed by atoms with Gasteiger partial charge in [0.05, 0.1) is 6.10 Å². The highest BCUT2D eigenvalue weighted by Gasteiger charge is 2.24. The second-order valence-corrected chi connectivity index (χ2v) is 7.10. The van der Waals surface area contributed by atoms with Crippen molar-refractivity contribution in [1.29, 1.82) is 0 Å². The first-order valence-electron chi connectivity index (χ1n) is 6.51. The Morgan fingerprint density at radius 2 is 2.21 bits per heavy atom. The molecule has 1 saturated heterocycles. The predicted octanol–water partition coefficient (Wildman–Crippen LogP) is 1.53. The summed E-state index contributed by atoms with van der Waals surface area (Å²) in [6.45, 7) is 9.88. The summed E-state index contributed by atoms with van der Waals surface area (Å²) in [5, 5.41) is 17.4. The number of nitrogens with one attached hydrogen (secondary N) is 2. The summed E-state index contributed by atoms with van der Waals surface area (Å²) in [5.74, 6) is 0.326. The van der Waals surface area contributed by atoms with Crippen LogP contribution in [0.2, 0.25) is 0 Å². The number of aromatic nitrogens is 1. The van der Waals surface area contributed by atoms with Crippen molar-refractivity contribution in [1.82, 2.24) is 15.6 Å². The van der Waals surface area contributed by atoms with Crippen molar-refractivity contribution in [2.75, 3.05) is 19.6 Å². The fourth-order valence-electron chi connectivity index (χ4n) is 2.03. The van der Waals surface area contributed by atoms with Gasteiger partial charge in [0.25, 0.3) is 0 Å². The Morgan fingerprint density at radius 1 is 1.47 bits per heavy atom. The number of nitrogens with zero attached hydrogens (tertiary/aromatic N) is 1. The van der Waals surface area contributed by atoms with Gasteiger partial charge in [-0.05, 0) is 5.41 Å². The lowest BCUT2D eigenvalue weighted by atomic mass is 9.96. The number of rotatable bonds is 4. The summed E-state index contributed by atoms with van der Waals surface area (Å²) in [4.78, 5) is 5.76. The predicted molar refractivity (Wildman–Crippen MR) is 82.1 cm³/mol. The van der Waals surface area contributed by atoms with Gasteiger partial charge in [-0.1, -0.05) is 20.8 Å². The first-order valence-corrected chi connectivity index (χ1v) is 7.33. The quantitative estimate of drug-likeness (QED) is 0.790. The Labute approximate surface area is 125 Å². The Balaban J connectivity index is 0.00000180. The average molecular weight is 306 g/mol. The standard InChI is InChI=1S/C13H23N3OS.ClH/c1-13(2,3)11-7-16-12(18-11)8-15-5-9-4-14-6-10(9)17;/h7,9-10,14-15,17H,4-6,8H2,1-3H3;1H. The van der Waals surface area contributed by atoms with Crippen molar-refractivity contribution in [3.63, 3.8) is 0 Å². The van der Waals surface area contributed by atoms with Gasteiger partial charge in [0.1, 0.15) is 5.01 Å². The molecule has 3 N–H and O–H groups in total. The average Bonchev–Trinajstić information content (AvgIpc) is 2.88. The van der Waals surface area contributed by atoms with E-state index in [1.54, 1.807) is 11.3 Å². The Bertz CT molecular complexity index is 391. The van der Waals surface area contributed by atoms with Gasteiger partial charge in [-0.3, -0.25) is 0 Å². The summed E-state index contributed by atoms with van der Waals surface area (Å²) in [6, 6.07) is 0. The molecule has 0 aliphatic carbocycles. The van der Waals surface area contributed by atoms with E-state index in [2.05, 4.69) is 36.4 Å². The van der Waals surface area contributed by atoms with Crippen molar-refractivity contribution in [2.24, 2.45) is 5.92 Å². The summed E-state index contributed by atoms with van der Waals surface area (Å²) in [6.07, 6.45) is 1.77. The molecule has 0 bridgehead atoms. The van der Waals surface area contributed by atoms with Gasteiger partial charge < -0.3 is 15.7 Å². The van der Waals surface area contributed by atoms with Crippen LogP contribution in [0.25, 0.3) is 0 Å². The molecular formula is C13H24ClN3OS. The smallest absolute Gasteiger partial charge is 0.107 e. The molecule has 6 heteroatoms. The number of hydrogen-bond donors (Lipinski definition) is 3. The lowest BCUT2D eigenvalue weighted by molar-refractivity contribution is 0.146. The third-order valence-electron chi connectivity index (χ3n) is 3.28. The number of aliphatic hydroxyl groups excluding tert-OH is 1. The molecule has 1 aliphatic rings. The monoisotopic (exact) mass is 305 g/mol. The molecule has 110 valence electrons. The fraction of sp³-hybridized carbons (Fsp3) is 0.769. The zero-order valence-corrected chi connectivity index (χ0v) is 13.4. The SMILES string of the molecule is CC(C)(C)c1cnc(CNCC2CNCC2O)s1.Cl. The number of aliphatic hydroxyl groups is 1. The van der Waals surface area contributed by atoms with Gasteiger partial charge in [0.2, 0.25) is 0 Å². The van der Waals surface area contributed by atoms with Gasteiger partial charge in [-0.15, -0.1) is 23.7 Å². The van der Waals surface area contributed by atoms with Crippen LogP contribution < -0.4 is 10.6 Å². The van der Waals surface area contributed by atoms with Crippen molar-refractivity contribution in [3.8, 4) is 0 Å². The maximum Gasteiger partial charge on any atom is 0.107 e. The van der Waals surface area contributed by atoms with Gasteiger partial charge in [-0.2, -0.15) is 0 Å². The van der Waals surface area contributed by atoms with Crippen LogP contribution in [0.5, 0.6) is 0 Å². The van der Waals surface area contributed by atoms with Crippen molar-refractivity contribution < 1.29 is 5.11 Å². The first-order chi connectivity index (χ1) is 8.47. The van der Waals surface area contributed by atoms with Gasteiger partial charge in [0.15, 0.2) is 0 Å². The molecule has 1 aliphatic heterocycles. The molecular weight excluding hydrogens is 282 g/mol. The van der Waals surface area contributed by atoms with Crippen LogP contribution in [0.3, 0.4) is 0 Å². The minimum absolute atomic E-state index is 0. The van der Waals surface area contributed by atoms with E-state index in [9.17, 15) is 5.11 Å². The van der Waals surface area contributed by atoms with E-state index in [1.807, 2.05) is 6.20 Å². The van der Waals surface area contributed by atoms with Crippen LogP contribution in [0.1, 0.15) is 30.7 Å². The van der Waals surface area contributed by atoms with E-state index in [0.717, 1.165) is 31.2 Å². The van der Waals surface area contributed by atoms with Crippen molar-refractivity contribution in [2.45, 2.75) is 38.8 Å². The highest BCUT2D eigenvalue weighted by molar-refractivity contribution is 7.11. The van der Waals surface area contributed by atoms with E-state index < -0.39 is 0 Å². The van der Waals surface area contributed by atoms with E-state index in [0.29, 0.717) is 5.92 Å². The molecule has 0 radical (unpaired) electrons. The van der Waals surface area contributed by atoms with Crippen LogP contribution >= 0.6 is 23.7 Å². The second-order valence-electron chi connectivity index (χ2n) is 5.98. The highest BCUT2D eigenvalue weighted by atomic mass is 35.5. The van der Waals surface area contributed by atoms with Crippen LogP contribution in [0.15, 0.2) is 6.20 Å². The number of β-amino-alcohol motifs (C(OH)–C–C–N with tert-alkyl or cyclic N) is 1. The molecule has 1 aromatic rings. The van der Waals surface area contributed by atoms with Crippen molar-refractivity contribution >= 4 is 23.7 Å². The normalized spacial score (nSPS) is 23.4. The fourth-order valence-corrected chi connectivity index (χ4v) is 2.98. The van der Waals surface area contributed by atoms with Crippen LogP contribution in [0, 0.1) is 5.92 Å². The third-order valence-corrected chi connectivity index (χ3v) is 4.70. The van der Waals surface area contributed by atoms with E-state index in [1.165, 1.54) is 4.88 Å². The van der Waals surface area contributed by atoms with Crippen LogP contribution in [-0.2, 0) is 12.0 Å². The summed E-state index contributed by atoms with van der Waals surface area (Å²) in [7, 11) is 0. The molecule has 0 amide bonds. The van der Waals surface area contributed by atoms with E-state index in [4.69, 9.17) is 0 Å². The molecule has 0 aromatic carbocycles. The maximum atomic E-state index is 9.68. The molecule has 2 rings (SSSR count).